The third kappa shape index (κ3) is 4.50. The molecule has 4 N–H and O–H groups in total. The van der Waals surface area contributed by atoms with Gasteiger partial charge in [-0.25, -0.2) is 0 Å². The molecule has 0 bridgehead atoms. The van der Waals surface area contributed by atoms with Crippen molar-refractivity contribution < 1.29 is 9.59 Å². The highest BCUT2D eigenvalue weighted by molar-refractivity contribution is 5.95. The van der Waals surface area contributed by atoms with E-state index in [0.717, 1.165) is 0 Å². The van der Waals surface area contributed by atoms with E-state index in [9.17, 15) is 9.59 Å². The monoisotopic (exact) mass is 250 g/mol. The van der Waals surface area contributed by atoms with Crippen molar-refractivity contribution in [2.45, 2.75) is 19.9 Å². The molecule has 0 saturated carbocycles. The number of hydrogen-bond donors (Lipinski definition) is 3. The van der Waals surface area contributed by atoms with E-state index in [1.165, 1.54) is 6.20 Å². The van der Waals surface area contributed by atoms with Gasteiger partial charge >= 0.3 is 0 Å². The summed E-state index contributed by atoms with van der Waals surface area (Å²) in [6.07, 6.45) is 3.14. The Balaban J connectivity index is 2.36. The van der Waals surface area contributed by atoms with Gasteiger partial charge in [0.1, 0.15) is 0 Å². The normalized spacial score (nSPS) is 12.0. The van der Waals surface area contributed by atoms with E-state index in [1.54, 1.807) is 18.3 Å². The molecule has 0 aliphatic heterocycles. The lowest BCUT2D eigenvalue weighted by molar-refractivity contribution is -0.125. The zero-order valence-electron chi connectivity index (χ0n) is 10.5. The molecule has 98 valence electrons. The summed E-state index contributed by atoms with van der Waals surface area (Å²) in [4.78, 5) is 26.9. The molecule has 0 aromatic carbocycles. The predicted molar refractivity (Wildman–Crippen MR) is 68.7 cm³/mol. The van der Waals surface area contributed by atoms with Gasteiger partial charge in [-0.3, -0.25) is 14.6 Å². The van der Waals surface area contributed by atoms with Gasteiger partial charge in [-0.05, 0) is 18.1 Å². The van der Waals surface area contributed by atoms with E-state index >= 15 is 0 Å². The summed E-state index contributed by atoms with van der Waals surface area (Å²) in [5, 5.41) is 5.10. The van der Waals surface area contributed by atoms with Gasteiger partial charge in [-0.1, -0.05) is 13.8 Å². The third-order valence-electron chi connectivity index (χ3n) is 2.39. The minimum atomic E-state index is -0.601. The number of aromatic nitrogens is 1. The van der Waals surface area contributed by atoms with Crippen LogP contribution in [-0.2, 0) is 9.59 Å². The first-order chi connectivity index (χ1) is 8.50. The fourth-order valence-electron chi connectivity index (χ4n) is 1.23. The number of anilines is 1. The maximum Gasteiger partial charge on any atom is 0.243 e. The highest BCUT2D eigenvalue weighted by Gasteiger charge is 2.17. The van der Waals surface area contributed by atoms with Crippen LogP contribution in [0.1, 0.15) is 13.8 Å². The topological polar surface area (TPSA) is 97.1 Å². The van der Waals surface area contributed by atoms with Crippen LogP contribution in [0.4, 0.5) is 5.69 Å². The highest BCUT2D eigenvalue weighted by Crippen LogP contribution is 2.01. The average molecular weight is 250 g/mol. The summed E-state index contributed by atoms with van der Waals surface area (Å²) in [7, 11) is 0. The molecule has 0 aliphatic carbocycles. The molecule has 1 aromatic rings. The van der Waals surface area contributed by atoms with Gasteiger partial charge < -0.3 is 16.4 Å². The van der Waals surface area contributed by atoms with E-state index < -0.39 is 6.04 Å². The van der Waals surface area contributed by atoms with Crippen LogP contribution < -0.4 is 16.4 Å². The van der Waals surface area contributed by atoms with Crippen molar-refractivity contribution in [1.82, 2.24) is 10.3 Å². The van der Waals surface area contributed by atoms with Gasteiger partial charge in [0.15, 0.2) is 0 Å². The lowest BCUT2D eigenvalue weighted by Crippen LogP contribution is -2.46. The zero-order chi connectivity index (χ0) is 13.5. The van der Waals surface area contributed by atoms with Gasteiger partial charge in [0, 0.05) is 6.20 Å². The Morgan fingerprint density at radius 2 is 2.17 bits per heavy atom. The molecule has 1 aromatic heterocycles. The molecule has 0 fully saturated rings. The molecular weight excluding hydrogens is 232 g/mol. The molecule has 1 atom stereocenters. The molecule has 1 heterocycles. The Bertz CT molecular complexity index is 406. The maximum absolute atomic E-state index is 11.5. The molecule has 0 unspecified atom stereocenters. The van der Waals surface area contributed by atoms with Gasteiger partial charge in [0.05, 0.1) is 24.5 Å². The summed E-state index contributed by atoms with van der Waals surface area (Å²) in [5.74, 6) is -0.606. The van der Waals surface area contributed by atoms with Crippen LogP contribution in [0.5, 0.6) is 0 Å². The second-order valence-electron chi connectivity index (χ2n) is 4.28. The van der Waals surface area contributed by atoms with Crippen molar-refractivity contribution in [3.05, 3.63) is 24.5 Å². The number of nitrogens with two attached hydrogens (primary N) is 1. The predicted octanol–water partition coefficient (Wildman–Crippen LogP) is 0.120. The summed E-state index contributed by atoms with van der Waals surface area (Å²) in [5.41, 5.74) is 6.23. The van der Waals surface area contributed by atoms with E-state index in [0.29, 0.717) is 5.69 Å². The second-order valence-corrected chi connectivity index (χ2v) is 4.28. The Labute approximate surface area is 106 Å². The first-order valence-electron chi connectivity index (χ1n) is 5.74. The molecule has 0 spiro atoms. The van der Waals surface area contributed by atoms with Crippen molar-refractivity contribution >= 4 is 17.5 Å². The van der Waals surface area contributed by atoms with Crippen LogP contribution in [0.3, 0.4) is 0 Å². The Kier molecular flexibility index (Phi) is 5.26. The van der Waals surface area contributed by atoms with Crippen molar-refractivity contribution in [3.8, 4) is 0 Å². The van der Waals surface area contributed by atoms with E-state index in [4.69, 9.17) is 5.73 Å². The fourth-order valence-corrected chi connectivity index (χ4v) is 1.23. The second kappa shape index (κ2) is 6.70. The Hall–Kier alpha value is -1.95. The summed E-state index contributed by atoms with van der Waals surface area (Å²) < 4.78 is 0. The minimum Gasteiger partial charge on any atom is -0.346 e. The number of carbonyl (C=O) groups is 2. The number of carbonyl (C=O) groups excluding carboxylic acids is 2. The Morgan fingerprint density at radius 1 is 1.44 bits per heavy atom. The number of pyridine rings is 1. The van der Waals surface area contributed by atoms with Crippen LogP contribution in [0, 0.1) is 5.92 Å². The van der Waals surface area contributed by atoms with Gasteiger partial charge in [-0.15, -0.1) is 0 Å². The number of nitrogens with one attached hydrogen (secondary N) is 2. The molecule has 18 heavy (non-hydrogen) atoms. The smallest absolute Gasteiger partial charge is 0.243 e. The van der Waals surface area contributed by atoms with Crippen LogP contribution >= 0.6 is 0 Å². The number of rotatable bonds is 5. The van der Waals surface area contributed by atoms with Gasteiger partial charge in [0.25, 0.3) is 0 Å². The van der Waals surface area contributed by atoms with Crippen LogP contribution in [-0.4, -0.2) is 29.4 Å². The van der Waals surface area contributed by atoms with Gasteiger partial charge in [-0.2, -0.15) is 0 Å². The summed E-state index contributed by atoms with van der Waals surface area (Å²) in [6.45, 7) is 3.59. The van der Waals surface area contributed by atoms with Crippen LogP contribution in [0.2, 0.25) is 0 Å². The average Bonchev–Trinajstić information content (AvgIpc) is 2.36. The van der Waals surface area contributed by atoms with Crippen molar-refractivity contribution in [2.75, 3.05) is 11.9 Å². The van der Waals surface area contributed by atoms with E-state index in [2.05, 4.69) is 15.6 Å². The molecule has 2 amide bonds. The third-order valence-corrected chi connectivity index (χ3v) is 2.39. The van der Waals surface area contributed by atoms with Crippen molar-refractivity contribution in [2.24, 2.45) is 11.7 Å². The quantitative estimate of drug-likeness (QED) is 0.691. The SMILES string of the molecule is CC(C)[C@H](N)C(=O)NCC(=O)Nc1cccnc1. The number of amides is 2. The van der Waals surface area contributed by atoms with Crippen LogP contribution in [0.15, 0.2) is 24.5 Å². The molecule has 6 heteroatoms. The molecule has 0 radical (unpaired) electrons. The first kappa shape index (κ1) is 14.1. The minimum absolute atomic E-state index is 0.0337. The van der Waals surface area contributed by atoms with Crippen molar-refractivity contribution in [3.63, 3.8) is 0 Å². The Morgan fingerprint density at radius 3 is 2.72 bits per heavy atom. The summed E-state index contributed by atoms with van der Waals surface area (Å²) in [6, 6.07) is 2.83. The van der Waals surface area contributed by atoms with E-state index in [1.807, 2.05) is 13.8 Å². The lowest BCUT2D eigenvalue weighted by atomic mass is 10.1. The molecular formula is C12H18N4O2. The summed E-state index contributed by atoms with van der Waals surface area (Å²) >= 11 is 0. The van der Waals surface area contributed by atoms with Gasteiger partial charge in [0.2, 0.25) is 11.8 Å². The van der Waals surface area contributed by atoms with Crippen LogP contribution in [0.25, 0.3) is 0 Å². The van der Waals surface area contributed by atoms with E-state index in [-0.39, 0.29) is 24.3 Å². The maximum atomic E-state index is 11.5. The molecule has 0 aliphatic rings. The molecule has 6 nitrogen and oxygen atoms in total. The first-order valence-corrected chi connectivity index (χ1v) is 5.74. The largest absolute Gasteiger partial charge is 0.346 e. The molecule has 0 saturated heterocycles. The number of nitrogens with zero attached hydrogens (tertiary/aromatic N) is 1. The fraction of sp³-hybridized carbons (Fsp3) is 0.417. The highest BCUT2D eigenvalue weighted by atomic mass is 16.2. The van der Waals surface area contributed by atoms with Crippen molar-refractivity contribution in [1.29, 1.82) is 0 Å². The standard InChI is InChI=1S/C12H18N4O2/c1-8(2)11(13)12(18)15-7-10(17)16-9-4-3-5-14-6-9/h3-6,8,11H,7,13H2,1-2H3,(H,15,18)(H,16,17)/t11-/m0/s1. The molecule has 1 rings (SSSR count). The lowest BCUT2D eigenvalue weighted by Gasteiger charge is -2.15. The number of hydrogen-bond acceptors (Lipinski definition) is 4. The zero-order valence-corrected chi connectivity index (χ0v) is 10.5.